The zero-order valence-electron chi connectivity index (χ0n) is 12.2. The molecule has 1 aromatic heterocycles. The number of hydrogen-bond acceptors (Lipinski definition) is 4. The summed E-state index contributed by atoms with van der Waals surface area (Å²) < 4.78 is 31.6. The molecule has 21 heavy (non-hydrogen) atoms. The van der Waals surface area contributed by atoms with Gasteiger partial charge in [0.15, 0.2) is 5.82 Å². The minimum atomic E-state index is -0.597. The van der Waals surface area contributed by atoms with Gasteiger partial charge < -0.3 is 9.84 Å². The van der Waals surface area contributed by atoms with Crippen molar-refractivity contribution >= 4 is 0 Å². The molecule has 0 saturated heterocycles. The SMILES string of the molecule is CCCC(Cc1nc(Cc2ccc(F)cc2F)no1)NC. The predicted molar refractivity (Wildman–Crippen MR) is 74.9 cm³/mol. The first-order chi connectivity index (χ1) is 10.1. The van der Waals surface area contributed by atoms with Gasteiger partial charge in [-0.05, 0) is 25.1 Å². The topological polar surface area (TPSA) is 51.0 Å². The van der Waals surface area contributed by atoms with Gasteiger partial charge in [0.05, 0.1) is 0 Å². The van der Waals surface area contributed by atoms with Gasteiger partial charge in [-0.3, -0.25) is 0 Å². The quantitative estimate of drug-likeness (QED) is 0.853. The van der Waals surface area contributed by atoms with Gasteiger partial charge >= 0.3 is 0 Å². The van der Waals surface area contributed by atoms with E-state index >= 15 is 0 Å². The number of rotatable bonds is 7. The van der Waals surface area contributed by atoms with Crippen LogP contribution in [0.2, 0.25) is 0 Å². The van der Waals surface area contributed by atoms with Crippen molar-refractivity contribution in [2.45, 2.75) is 38.6 Å². The fourth-order valence-electron chi connectivity index (χ4n) is 2.19. The van der Waals surface area contributed by atoms with E-state index in [0.717, 1.165) is 18.9 Å². The average molecular weight is 295 g/mol. The minimum Gasteiger partial charge on any atom is -0.339 e. The highest BCUT2D eigenvalue weighted by Gasteiger charge is 2.14. The molecule has 0 saturated carbocycles. The highest BCUT2D eigenvalue weighted by Crippen LogP contribution is 2.14. The van der Waals surface area contributed by atoms with E-state index in [1.54, 1.807) is 0 Å². The molecule has 0 fully saturated rings. The maximum absolute atomic E-state index is 13.6. The van der Waals surface area contributed by atoms with Gasteiger partial charge in [0.25, 0.3) is 0 Å². The Morgan fingerprint density at radius 1 is 1.33 bits per heavy atom. The van der Waals surface area contributed by atoms with E-state index in [9.17, 15) is 8.78 Å². The van der Waals surface area contributed by atoms with Crippen molar-refractivity contribution in [1.82, 2.24) is 15.5 Å². The third-order valence-corrected chi connectivity index (χ3v) is 3.34. The van der Waals surface area contributed by atoms with Crippen molar-refractivity contribution < 1.29 is 13.3 Å². The third kappa shape index (κ3) is 4.32. The molecule has 0 bridgehead atoms. The van der Waals surface area contributed by atoms with Crippen molar-refractivity contribution in [2.75, 3.05) is 7.05 Å². The molecule has 1 unspecified atom stereocenters. The molecule has 6 heteroatoms. The molecule has 1 aromatic carbocycles. The number of nitrogens with zero attached hydrogens (tertiary/aromatic N) is 2. The molecule has 1 heterocycles. The Bertz CT molecular complexity index is 586. The molecular weight excluding hydrogens is 276 g/mol. The normalized spacial score (nSPS) is 12.6. The van der Waals surface area contributed by atoms with E-state index in [0.29, 0.717) is 23.7 Å². The monoisotopic (exact) mass is 295 g/mol. The van der Waals surface area contributed by atoms with Crippen LogP contribution >= 0.6 is 0 Å². The first-order valence-corrected chi connectivity index (χ1v) is 7.05. The second kappa shape index (κ2) is 7.26. The number of halogens is 2. The fraction of sp³-hybridized carbons (Fsp3) is 0.467. The highest BCUT2D eigenvalue weighted by molar-refractivity contribution is 5.21. The Morgan fingerprint density at radius 2 is 2.14 bits per heavy atom. The van der Waals surface area contributed by atoms with Gasteiger partial charge in [0, 0.05) is 24.9 Å². The van der Waals surface area contributed by atoms with Crippen molar-refractivity contribution in [3.63, 3.8) is 0 Å². The Morgan fingerprint density at radius 3 is 2.81 bits per heavy atom. The summed E-state index contributed by atoms with van der Waals surface area (Å²) in [7, 11) is 1.89. The lowest BCUT2D eigenvalue weighted by Gasteiger charge is -2.11. The van der Waals surface area contributed by atoms with Crippen LogP contribution < -0.4 is 5.32 Å². The first-order valence-electron chi connectivity index (χ1n) is 7.05. The van der Waals surface area contributed by atoms with E-state index in [1.165, 1.54) is 12.1 Å². The Labute approximate surface area is 122 Å². The van der Waals surface area contributed by atoms with Gasteiger partial charge in [-0.25, -0.2) is 8.78 Å². The van der Waals surface area contributed by atoms with Crippen LogP contribution in [0.4, 0.5) is 8.78 Å². The predicted octanol–water partition coefficient (Wildman–Crippen LogP) is 2.87. The number of benzene rings is 1. The van der Waals surface area contributed by atoms with Gasteiger partial charge in [-0.15, -0.1) is 0 Å². The lowest BCUT2D eigenvalue weighted by molar-refractivity contribution is 0.352. The molecule has 2 aromatic rings. The lowest BCUT2D eigenvalue weighted by Crippen LogP contribution is -2.27. The number of likely N-dealkylation sites (N-methyl/N-ethyl adjacent to an activating group) is 1. The van der Waals surface area contributed by atoms with Crippen LogP contribution in [0.5, 0.6) is 0 Å². The number of nitrogens with one attached hydrogen (secondary N) is 1. The Hall–Kier alpha value is -1.82. The van der Waals surface area contributed by atoms with E-state index in [2.05, 4.69) is 22.4 Å². The molecule has 1 atom stereocenters. The molecule has 0 aliphatic carbocycles. The standard InChI is InChI=1S/C15H19F2N3O/c1-3-4-12(18-2)9-15-19-14(20-21-15)7-10-5-6-11(16)8-13(10)17/h5-6,8,12,18H,3-4,7,9H2,1-2H3. The first kappa shape index (κ1) is 15.6. The molecule has 0 radical (unpaired) electrons. The summed E-state index contributed by atoms with van der Waals surface area (Å²) in [5.41, 5.74) is 0.350. The van der Waals surface area contributed by atoms with Crippen molar-refractivity contribution in [3.05, 3.63) is 47.1 Å². The maximum Gasteiger partial charge on any atom is 0.228 e. The molecule has 0 amide bonds. The molecule has 114 valence electrons. The van der Waals surface area contributed by atoms with Crippen LogP contribution in [0.1, 0.15) is 37.0 Å². The molecule has 2 rings (SSSR count). The minimum absolute atomic E-state index is 0.188. The van der Waals surface area contributed by atoms with Crippen molar-refractivity contribution in [2.24, 2.45) is 0 Å². The Kier molecular flexibility index (Phi) is 5.38. The van der Waals surface area contributed by atoms with Gasteiger partial charge in [0.2, 0.25) is 5.89 Å². The highest BCUT2D eigenvalue weighted by atomic mass is 19.1. The Balaban J connectivity index is 2.02. The molecule has 0 spiro atoms. The molecular formula is C15H19F2N3O. The van der Waals surface area contributed by atoms with Crippen LogP contribution in [0, 0.1) is 11.6 Å². The molecule has 1 N–H and O–H groups in total. The van der Waals surface area contributed by atoms with Crippen LogP contribution in [0.3, 0.4) is 0 Å². The largest absolute Gasteiger partial charge is 0.339 e. The van der Waals surface area contributed by atoms with E-state index in [4.69, 9.17) is 4.52 Å². The molecule has 4 nitrogen and oxygen atoms in total. The zero-order valence-corrected chi connectivity index (χ0v) is 12.2. The number of aromatic nitrogens is 2. The summed E-state index contributed by atoms with van der Waals surface area (Å²) in [6.45, 7) is 2.11. The fourth-order valence-corrected chi connectivity index (χ4v) is 2.19. The van der Waals surface area contributed by atoms with Gasteiger partial charge in [-0.2, -0.15) is 4.98 Å². The zero-order chi connectivity index (χ0) is 15.2. The summed E-state index contributed by atoms with van der Waals surface area (Å²) in [5, 5.41) is 7.04. The van der Waals surface area contributed by atoms with Crippen molar-refractivity contribution in [1.29, 1.82) is 0 Å². The lowest BCUT2D eigenvalue weighted by atomic mass is 10.1. The van der Waals surface area contributed by atoms with Crippen LogP contribution in [0.25, 0.3) is 0 Å². The van der Waals surface area contributed by atoms with Gasteiger partial charge in [0.1, 0.15) is 11.6 Å². The van der Waals surface area contributed by atoms with Crippen molar-refractivity contribution in [3.8, 4) is 0 Å². The smallest absolute Gasteiger partial charge is 0.228 e. The van der Waals surface area contributed by atoms with E-state index < -0.39 is 11.6 Å². The van der Waals surface area contributed by atoms with E-state index in [1.807, 2.05) is 7.05 Å². The summed E-state index contributed by atoms with van der Waals surface area (Å²) in [6, 6.07) is 3.76. The summed E-state index contributed by atoms with van der Waals surface area (Å²) >= 11 is 0. The second-order valence-corrected chi connectivity index (χ2v) is 5.00. The van der Waals surface area contributed by atoms with E-state index in [-0.39, 0.29) is 12.5 Å². The van der Waals surface area contributed by atoms with Crippen LogP contribution in [0.15, 0.2) is 22.7 Å². The summed E-state index contributed by atoms with van der Waals surface area (Å²) in [4.78, 5) is 4.26. The third-order valence-electron chi connectivity index (χ3n) is 3.34. The maximum atomic E-state index is 13.6. The molecule has 0 aliphatic rings. The number of hydrogen-bond donors (Lipinski definition) is 1. The molecule has 0 aliphatic heterocycles. The second-order valence-electron chi connectivity index (χ2n) is 5.00. The average Bonchev–Trinajstić information content (AvgIpc) is 2.89. The van der Waals surface area contributed by atoms with Crippen LogP contribution in [-0.4, -0.2) is 23.2 Å². The van der Waals surface area contributed by atoms with Gasteiger partial charge in [-0.1, -0.05) is 24.6 Å². The van der Waals surface area contributed by atoms with Crippen LogP contribution in [-0.2, 0) is 12.8 Å². The summed E-state index contributed by atoms with van der Waals surface area (Å²) in [6.07, 6.45) is 2.91. The summed E-state index contributed by atoms with van der Waals surface area (Å²) in [5.74, 6) is -0.260.